The summed E-state index contributed by atoms with van der Waals surface area (Å²) in [5.41, 5.74) is 1.14. The molecular weight excluding hydrogens is 358 g/mol. The predicted octanol–water partition coefficient (Wildman–Crippen LogP) is 1.83. The predicted molar refractivity (Wildman–Crippen MR) is 93.2 cm³/mol. The van der Waals surface area contributed by atoms with Gasteiger partial charge in [0.1, 0.15) is 0 Å². The largest absolute Gasteiger partial charge is 0.345 e. The van der Waals surface area contributed by atoms with Crippen LogP contribution in [-0.4, -0.2) is 33.5 Å². The van der Waals surface area contributed by atoms with Crippen molar-refractivity contribution in [2.45, 2.75) is 6.54 Å². The second kappa shape index (κ2) is 8.21. The molecule has 1 aromatic carbocycles. The van der Waals surface area contributed by atoms with E-state index in [2.05, 4.69) is 25.8 Å². The Balaban J connectivity index is 1.47. The molecule has 3 rings (SSSR count). The molecule has 2 heterocycles. The Morgan fingerprint density at radius 1 is 1.12 bits per heavy atom. The van der Waals surface area contributed by atoms with Gasteiger partial charge in [-0.1, -0.05) is 22.8 Å². The van der Waals surface area contributed by atoms with Crippen LogP contribution in [0.5, 0.6) is 0 Å². The highest BCUT2D eigenvalue weighted by Gasteiger charge is 2.11. The number of rotatable bonds is 6. The lowest BCUT2D eigenvalue weighted by Gasteiger charge is -2.05. The van der Waals surface area contributed by atoms with Gasteiger partial charge in [0.15, 0.2) is 0 Å². The zero-order valence-corrected chi connectivity index (χ0v) is 14.2. The van der Waals surface area contributed by atoms with Crippen molar-refractivity contribution >= 4 is 23.4 Å². The molecule has 0 unspecified atom stereocenters. The second-order valence-corrected chi connectivity index (χ2v) is 5.65. The van der Waals surface area contributed by atoms with Crippen molar-refractivity contribution in [1.29, 1.82) is 0 Å². The van der Waals surface area contributed by atoms with Gasteiger partial charge in [0, 0.05) is 28.5 Å². The highest BCUT2D eigenvalue weighted by atomic mass is 35.5. The van der Waals surface area contributed by atoms with E-state index >= 15 is 0 Å². The molecule has 8 nitrogen and oxygen atoms in total. The standard InChI is InChI=1S/C17H14ClN5O3/c18-13-3-1-2-12(8-13)17(25)21-9-14(24)20-10-15-22-16(23-26-15)11-4-6-19-7-5-11/h1-8H,9-10H2,(H,20,24)(H,21,25). The first-order valence-electron chi connectivity index (χ1n) is 7.65. The maximum absolute atomic E-state index is 11.9. The quantitative estimate of drug-likeness (QED) is 0.684. The lowest BCUT2D eigenvalue weighted by atomic mass is 10.2. The molecule has 3 aromatic rings. The van der Waals surface area contributed by atoms with Gasteiger partial charge in [0.25, 0.3) is 5.91 Å². The molecular formula is C17H14ClN5O3. The van der Waals surface area contributed by atoms with Gasteiger partial charge in [0.05, 0.1) is 13.1 Å². The van der Waals surface area contributed by atoms with E-state index in [1.807, 2.05) is 0 Å². The average molecular weight is 372 g/mol. The zero-order chi connectivity index (χ0) is 18.4. The third-order valence-electron chi connectivity index (χ3n) is 3.34. The number of nitrogens with zero attached hydrogens (tertiary/aromatic N) is 3. The summed E-state index contributed by atoms with van der Waals surface area (Å²) in [6, 6.07) is 9.95. The number of amides is 2. The van der Waals surface area contributed by atoms with E-state index in [4.69, 9.17) is 16.1 Å². The molecule has 26 heavy (non-hydrogen) atoms. The molecule has 2 amide bonds. The zero-order valence-electron chi connectivity index (χ0n) is 13.5. The van der Waals surface area contributed by atoms with Crippen LogP contribution < -0.4 is 10.6 Å². The molecule has 0 aliphatic carbocycles. The van der Waals surface area contributed by atoms with Gasteiger partial charge >= 0.3 is 0 Å². The van der Waals surface area contributed by atoms with Gasteiger partial charge in [-0.3, -0.25) is 14.6 Å². The summed E-state index contributed by atoms with van der Waals surface area (Å²) in [5.74, 6) is -0.110. The smallest absolute Gasteiger partial charge is 0.251 e. The Labute approximate surface area is 153 Å². The molecule has 0 radical (unpaired) electrons. The van der Waals surface area contributed by atoms with Crippen molar-refractivity contribution in [2.75, 3.05) is 6.54 Å². The molecule has 2 N–H and O–H groups in total. The van der Waals surface area contributed by atoms with Crippen LogP contribution in [0.15, 0.2) is 53.3 Å². The van der Waals surface area contributed by atoms with E-state index in [0.29, 0.717) is 16.4 Å². The Morgan fingerprint density at radius 2 is 1.92 bits per heavy atom. The van der Waals surface area contributed by atoms with Crippen LogP contribution in [-0.2, 0) is 11.3 Å². The van der Waals surface area contributed by atoms with Crippen molar-refractivity contribution < 1.29 is 14.1 Å². The van der Waals surface area contributed by atoms with Gasteiger partial charge in [-0.15, -0.1) is 0 Å². The maximum atomic E-state index is 11.9. The summed E-state index contributed by atoms with van der Waals surface area (Å²) in [6.07, 6.45) is 3.24. The van der Waals surface area contributed by atoms with E-state index in [1.54, 1.807) is 42.7 Å². The number of aromatic nitrogens is 3. The normalized spacial score (nSPS) is 10.3. The fourth-order valence-corrected chi connectivity index (χ4v) is 2.26. The van der Waals surface area contributed by atoms with E-state index in [1.165, 1.54) is 6.07 Å². The fourth-order valence-electron chi connectivity index (χ4n) is 2.07. The van der Waals surface area contributed by atoms with Gasteiger partial charge in [-0.05, 0) is 30.3 Å². The summed E-state index contributed by atoms with van der Waals surface area (Å²) in [7, 11) is 0. The van der Waals surface area contributed by atoms with Gasteiger partial charge < -0.3 is 15.2 Å². The van der Waals surface area contributed by atoms with Gasteiger partial charge in [-0.2, -0.15) is 4.98 Å². The van der Waals surface area contributed by atoms with Crippen LogP contribution in [0.1, 0.15) is 16.2 Å². The van der Waals surface area contributed by atoms with Crippen molar-refractivity contribution in [1.82, 2.24) is 25.8 Å². The van der Waals surface area contributed by atoms with Crippen LogP contribution in [0.2, 0.25) is 5.02 Å². The summed E-state index contributed by atoms with van der Waals surface area (Å²) in [6.45, 7) is -0.124. The molecule has 0 aliphatic heterocycles. The molecule has 0 atom stereocenters. The first-order valence-corrected chi connectivity index (χ1v) is 8.03. The molecule has 0 fully saturated rings. The van der Waals surface area contributed by atoms with Gasteiger partial charge in [0.2, 0.25) is 17.6 Å². The number of hydrogen-bond acceptors (Lipinski definition) is 6. The minimum Gasteiger partial charge on any atom is -0.345 e. The Morgan fingerprint density at radius 3 is 2.69 bits per heavy atom. The van der Waals surface area contributed by atoms with E-state index in [9.17, 15) is 9.59 Å². The van der Waals surface area contributed by atoms with Crippen LogP contribution in [0.25, 0.3) is 11.4 Å². The first kappa shape index (κ1) is 17.6. The second-order valence-electron chi connectivity index (χ2n) is 5.22. The van der Waals surface area contributed by atoms with Crippen LogP contribution >= 0.6 is 11.6 Å². The number of carbonyl (C=O) groups is 2. The molecule has 0 saturated carbocycles. The number of carbonyl (C=O) groups excluding carboxylic acids is 2. The third kappa shape index (κ3) is 4.64. The highest BCUT2D eigenvalue weighted by Crippen LogP contribution is 2.13. The number of benzene rings is 1. The summed E-state index contributed by atoms with van der Waals surface area (Å²) < 4.78 is 5.08. The lowest BCUT2D eigenvalue weighted by Crippen LogP contribution is -2.36. The van der Waals surface area contributed by atoms with Crippen molar-refractivity contribution in [3.63, 3.8) is 0 Å². The summed E-state index contributed by atoms with van der Waals surface area (Å²) in [5, 5.41) is 9.39. The van der Waals surface area contributed by atoms with E-state index in [0.717, 1.165) is 5.56 Å². The topological polar surface area (TPSA) is 110 Å². The fraction of sp³-hybridized carbons (Fsp3) is 0.118. The average Bonchev–Trinajstić information content (AvgIpc) is 3.14. The molecule has 2 aromatic heterocycles. The van der Waals surface area contributed by atoms with Crippen molar-refractivity contribution in [3.05, 3.63) is 65.3 Å². The maximum Gasteiger partial charge on any atom is 0.251 e. The van der Waals surface area contributed by atoms with E-state index < -0.39 is 0 Å². The monoisotopic (exact) mass is 371 g/mol. The Hall–Kier alpha value is -3.26. The first-order chi connectivity index (χ1) is 12.6. The number of nitrogens with one attached hydrogen (secondary N) is 2. The number of hydrogen-bond donors (Lipinski definition) is 2. The molecule has 0 aliphatic rings. The summed E-state index contributed by atoms with van der Waals surface area (Å²) >= 11 is 5.83. The summed E-state index contributed by atoms with van der Waals surface area (Å²) in [4.78, 5) is 31.9. The van der Waals surface area contributed by atoms with Crippen molar-refractivity contribution in [3.8, 4) is 11.4 Å². The number of halogens is 1. The van der Waals surface area contributed by atoms with Crippen molar-refractivity contribution in [2.24, 2.45) is 0 Å². The van der Waals surface area contributed by atoms with Gasteiger partial charge in [-0.25, -0.2) is 0 Å². The van der Waals surface area contributed by atoms with Crippen LogP contribution in [0, 0.1) is 0 Å². The Bertz CT molecular complexity index is 914. The SMILES string of the molecule is O=C(CNC(=O)c1cccc(Cl)c1)NCc1nc(-c2ccncc2)no1. The van der Waals surface area contributed by atoms with Crippen LogP contribution in [0.4, 0.5) is 0 Å². The lowest BCUT2D eigenvalue weighted by molar-refractivity contribution is -0.120. The third-order valence-corrected chi connectivity index (χ3v) is 3.57. The van der Waals surface area contributed by atoms with Crippen LogP contribution in [0.3, 0.4) is 0 Å². The highest BCUT2D eigenvalue weighted by molar-refractivity contribution is 6.30. The molecule has 0 bridgehead atoms. The van der Waals surface area contributed by atoms with E-state index in [-0.39, 0.29) is 30.8 Å². The Kier molecular flexibility index (Phi) is 5.55. The molecule has 0 spiro atoms. The molecule has 0 saturated heterocycles. The number of pyridine rings is 1. The molecule has 132 valence electrons. The minimum absolute atomic E-state index is 0.0595. The molecule has 9 heteroatoms. The minimum atomic E-state index is -0.389.